The molecular weight excluding hydrogens is 393 g/mol. The summed E-state index contributed by atoms with van der Waals surface area (Å²) in [5.74, 6) is -0.0534. The first kappa shape index (κ1) is 18.3. The van der Waals surface area contributed by atoms with Crippen LogP contribution in [0.5, 0.6) is 0 Å². The van der Waals surface area contributed by atoms with Crippen molar-refractivity contribution in [1.82, 2.24) is 9.97 Å². The van der Waals surface area contributed by atoms with E-state index in [0.29, 0.717) is 15.8 Å². The Kier molecular flexibility index (Phi) is 4.67. The van der Waals surface area contributed by atoms with Gasteiger partial charge in [0.2, 0.25) is 0 Å². The lowest BCUT2D eigenvalue weighted by atomic mass is 10.2. The summed E-state index contributed by atoms with van der Waals surface area (Å²) in [5.41, 5.74) is 1.43. The van der Waals surface area contributed by atoms with E-state index >= 15 is 0 Å². The number of nitriles is 1. The van der Waals surface area contributed by atoms with Crippen LogP contribution in [0.25, 0.3) is 32.3 Å². The maximum atomic E-state index is 14.0. The van der Waals surface area contributed by atoms with Crippen LogP contribution >= 0.6 is 22.7 Å². The molecule has 0 bridgehead atoms. The minimum absolute atomic E-state index is 0.238. The first-order chi connectivity index (χ1) is 13.5. The second-order valence-electron chi connectivity index (χ2n) is 6.23. The van der Waals surface area contributed by atoms with Gasteiger partial charge >= 0.3 is 0 Å². The summed E-state index contributed by atoms with van der Waals surface area (Å²) in [6.45, 7) is 3.83. The van der Waals surface area contributed by atoms with E-state index in [1.165, 1.54) is 28.7 Å². The number of aromatic nitrogens is 2. The van der Waals surface area contributed by atoms with Gasteiger partial charge in [-0.05, 0) is 43.7 Å². The Hall–Kier alpha value is -3.08. The van der Waals surface area contributed by atoms with Crippen molar-refractivity contribution < 1.29 is 4.39 Å². The normalized spacial score (nSPS) is 11.7. The van der Waals surface area contributed by atoms with Gasteiger partial charge in [0.05, 0.1) is 11.0 Å². The van der Waals surface area contributed by atoms with Gasteiger partial charge in [-0.15, -0.1) is 22.7 Å². The van der Waals surface area contributed by atoms with Gasteiger partial charge in [0.1, 0.15) is 16.7 Å². The molecular formula is C21H14FN3OS2. The SMILES string of the molecule is Cc1sc2nc(/C(C#N)=C/c3ccc(-c4ccccc4F)s3)[nH]c(=O)c2c1C. The maximum Gasteiger partial charge on any atom is 0.260 e. The molecule has 4 aromatic rings. The maximum absolute atomic E-state index is 14.0. The Bertz CT molecular complexity index is 1340. The summed E-state index contributed by atoms with van der Waals surface area (Å²) in [6.07, 6.45) is 1.66. The Morgan fingerprint density at radius 3 is 2.75 bits per heavy atom. The summed E-state index contributed by atoms with van der Waals surface area (Å²) in [5, 5.41) is 10.2. The Labute approximate surface area is 168 Å². The molecule has 0 aliphatic carbocycles. The molecule has 0 aliphatic rings. The lowest BCUT2D eigenvalue weighted by Crippen LogP contribution is -2.10. The highest BCUT2D eigenvalue weighted by Crippen LogP contribution is 2.32. The van der Waals surface area contributed by atoms with E-state index in [0.717, 1.165) is 20.2 Å². The number of halogens is 1. The van der Waals surface area contributed by atoms with Crippen molar-refractivity contribution in [3.05, 3.63) is 73.7 Å². The molecule has 0 amide bonds. The van der Waals surface area contributed by atoms with Gasteiger partial charge in [-0.3, -0.25) is 4.79 Å². The predicted octanol–water partition coefficient (Wildman–Crippen LogP) is 5.53. The highest BCUT2D eigenvalue weighted by Gasteiger charge is 2.14. The third kappa shape index (κ3) is 3.17. The van der Waals surface area contributed by atoms with Crippen LogP contribution < -0.4 is 5.56 Å². The number of aryl methyl sites for hydroxylation is 2. The quantitative estimate of drug-likeness (QED) is 0.454. The van der Waals surface area contributed by atoms with E-state index in [-0.39, 0.29) is 22.8 Å². The van der Waals surface area contributed by atoms with Gasteiger partial charge in [-0.25, -0.2) is 9.37 Å². The second-order valence-corrected chi connectivity index (χ2v) is 8.55. The number of nitrogens with zero attached hydrogens (tertiary/aromatic N) is 2. The minimum Gasteiger partial charge on any atom is -0.305 e. The van der Waals surface area contributed by atoms with Crippen LogP contribution in [-0.2, 0) is 0 Å². The van der Waals surface area contributed by atoms with Crippen molar-refractivity contribution in [3.63, 3.8) is 0 Å². The fourth-order valence-electron chi connectivity index (χ4n) is 2.91. The molecule has 7 heteroatoms. The van der Waals surface area contributed by atoms with Crippen molar-refractivity contribution >= 4 is 44.5 Å². The number of hydrogen-bond acceptors (Lipinski definition) is 5. The topological polar surface area (TPSA) is 69.5 Å². The highest BCUT2D eigenvalue weighted by atomic mass is 32.1. The smallest absolute Gasteiger partial charge is 0.260 e. The number of hydrogen-bond donors (Lipinski definition) is 1. The zero-order chi connectivity index (χ0) is 19.8. The van der Waals surface area contributed by atoms with Crippen LogP contribution in [0.4, 0.5) is 4.39 Å². The van der Waals surface area contributed by atoms with Crippen molar-refractivity contribution in [2.45, 2.75) is 13.8 Å². The molecule has 3 aromatic heterocycles. The van der Waals surface area contributed by atoms with E-state index in [1.54, 1.807) is 24.3 Å². The molecule has 0 unspecified atom stereocenters. The zero-order valence-electron chi connectivity index (χ0n) is 15.0. The van der Waals surface area contributed by atoms with Crippen molar-refractivity contribution in [1.29, 1.82) is 5.26 Å². The monoisotopic (exact) mass is 407 g/mol. The van der Waals surface area contributed by atoms with Crippen LogP contribution in [0.2, 0.25) is 0 Å². The predicted molar refractivity (Wildman–Crippen MR) is 113 cm³/mol. The van der Waals surface area contributed by atoms with E-state index in [4.69, 9.17) is 0 Å². The molecule has 28 heavy (non-hydrogen) atoms. The molecule has 3 heterocycles. The molecule has 0 fully saturated rings. The highest BCUT2D eigenvalue weighted by molar-refractivity contribution is 7.18. The first-order valence-electron chi connectivity index (χ1n) is 8.45. The second kappa shape index (κ2) is 7.15. The Balaban J connectivity index is 1.77. The van der Waals surface area contributed by atoms with E-state index in [2.05, 4.69) is 16.0 Å². The fraction of sp³-hybridized carbons (Fsp3) is 0.0952. The zero-order valence-corrected chi connectivity index (χ0v) is 16.7. The number of H-pyrrole nitrogens is 1. The van der Waals surface area contributed by atoms with Crippen LogP contribution in [0, 0.1) is 31.0 Å². The number of aromatic amines is 1. The van der Waals surface area contributed by atoms with E-state index < -0.39 is 0 Å². The van der Waals surface area contributed by atoms with Crippen LogP contribution in [-0.4, -0.2) is 9.97 Å². The average Bonchev–Trinajstić information content (AvgIpc) is 3.25. The van der Waals surface area contributed by atoms with Crippen molar-refractivity contribution in [3.8, 4) is 16.5 Å². The molecule has 0 saturated carbocycles. The lowest BCUT2D eigenvalue weighted by Gasteiger charge is -1.99. The number of rotatable bonds is 3. The third-order valence-electron chi connectivity index (χ3n) is 4.47. The summed E-state index contributed by atoms with van der Waals surface area (Å²) >= 11 is 2.81. The molecule has 0 spiro atoms. The van der Waals surface area contributed by atoms with Crippen molar-refractivity contribution in [2.24, 2.45) is 0 Å². The number of fused-ring (bicyclic) bond motifs is 1. The molecule has 4 nitrogen and oxygen atoms in total. The van der Waals surface area contributed by atoms with Gasteiger partial charge in [-0.1, -0.05) is 18.2 Å². The number of thiophene rings is 2. The van der Waals surface area contributed by atoms with Gasteiger partial charge in [0.15, 0.2) is 5.82 Å². The third-order valence-corrected chi connectivity index (χ3v) is 6.63. The van der Waals surface area contributed by atoms with Crippen LogP contribution in [0.3, 0.4) is 0 Å². The number of nitrogens with one attached hydrogen (secondary N) is 1. The lowest BCUT2D eigenvalue weighted by molar-refractivity contribution is 0.631. The van der Waals surface area contributed by atoms with Gasteiger partial charge in [-0.2, -0.15) is 5.26 Å². The largest absolute Gasteiger partial charge is 0.305 e. The molecule has 0 atom stereocenters. The summed E-state index contributed by atoms with van der Waals surface area (Å²) in [6, 6.07) is 12.3. The first-order valence-corrected chi connectivity index (χ1v) is 10.1. The molecule has 0 saturated heterocycles. The summed E-state index contributed by atoms with van der Waals surface area (Å²) < 4.78 is 14.0. The molecule has 0 aliphatic heterocycles. The Morgan fingerprint density at radius 2 is 2.00 bits per heavy atom. The molecule has 1 N–H and O–H groups in total. The van der Waals surface area contributed by atoms with E-state index in [9.17, 15) is 14.4 Å². The number of allylic oxidation sites excluding steroid dienone is 1. The van der Waals surface area contributed by atoms with Crippen LogP contribution in [0.1, 0.15) is 21.1 Å². The van der Waals surface area contributed by atoms with Crippen molar-refractivity contribution in [2.75, 3.05) is 0 Å². The fourth-order valence-corrected chi connectivity index (χ4v) is 4.92. The molecule has 138 valence electrons. The van der Waals surface area contributed by atoms with E-state index in [1.807, 2.05) is 26.0 Å². The Morgan fingerprint density at radius 1 is 1.21 bits per heavy atom. The molecule has 0 radical (unpaired) electrons. The summed E-state index contributed by atoms with van der Waals surface area (Å²) in [4.78, 5) is 22.9. The van der Waals surface area contributed by atoms with Gasteiger partial charge in [0, 0.05) is 20.2 Å². The molecule has 1 aromatic carbocycles. The van der Waals surface area contributed by atoms with Gasteiger partial charge < -0.3 is 4.98 Å². The van der Waals surface area contributed by atoms with Crippen LogP contribution in [0.15, 0.2) is 41.2 Å². The van der Waals surface area contributed by atoms with Gasteiger partial charge in [0.25, 0.3) is 5.56 Å². The minimum atomic E-state index is -0.291. The number of benzene rings is 1. The summed E-state index contributed by atoms with van der Waals surface area (Å²) in [7, 11) is 0. The standard InChI is InChI=1S/C21H14FN3OS2/c1-11-12(2)27-21-18(11)20(26)24-19(25-21)13(10-23)9-14-7-8-17(28-14)15-5-3-4-6-16(15)22/h3-9H,1-2H3,(H,24,25,26)/b13-9+. The average molecular weight is 407 g/mol. The molecule has 4 rings (SSSR count).